The van der Waals surface area contributed by atoms with Crippen LogP contribution in [-0.4, -0.2) is 33.1 Å². The molecular weight excluding hydrogens is 382 g/mol. The molecular formula is C26H21N5. The molecule has 0 fully saturated rings. The number of rotatable bonds is 4. The lowest BCUT2D eigenvalue weighted by atomic mass is 10.1. The molecule has 0 amide bonds. The maximum Gasteiger partial charge on any atom is 0.108 e. The van der Waals surface area contributed by atoms with Gasteiger partial charge in [0.1, 0.15) is 11.8 Å². The van der Waals surface area contributed by atoms with Gasteiger partial charge in [-0.15, -0.1) is 0 Å². The molecule has 5 rings (SSSR count). The van der Waals surface area contributed by atoms with E-state index in [1.807, 2.05) is 43.8 Å². The minimum atomic E-state index is 0.865. The van der Waals surface area contributed by atoms with E-state index >= 15 is 0 Å². The van der Waals surface area contributed by atoms with Gasteiger partial charge in [-0.2, -0.15) is 0 Å². The van der Waals surface area contributed by atoms with Crippen molar-refractivity contribution in [3.63, 3.8) is 0 Å². The van der Waals surface area contributed by atoms with Crippen molar-refractivity contribution in [2.24, 2.45) is 0 Å². The summed E-state index contributed by atoms with van der Waals surface area (Å²) in [5.74, 6) is 6.42. The molecule has 2 aromatic carbocycles. The number of benzene rings is 2. The standard InChI is InChI=1S/C26H21N5/c1-27-14-12-19-6-9-22(10-7-19)31-18-30-25-17-29-24-11-8-20(15-23(24)26(25)31)4-5-21-3-2-13-28-16-21/h2-3,6-11,13,15-18,27H,12,14H2,1H3. The summed E-state index contributed by atoms with van der Waals surface area (Å²) >= 11 is 0. The minimum absolute atomic E-state index is 0.865. The zero-order valence-corrected chi connectivity index (χ0v) is 17.2. The molecule has 0 aliphatic heterocycles. The van der Waals surface area contributed by atoms with Crippen LogP contribution in [0.25, 0.3) is 27.6 Å². The highest BCUT2D eigenvalue weighted by molar-refractivity contribution is 6.03. The van der Waals surface area contributed by atoms with Gasteiger partial charge in [0.05, 0.1) is 17.2 Å². The molecule has 1 N–H and O–H groups in total. The number of fused-ring (bicyclic) bond motifs is 3. The van der Waals surface area contributed by atoms with Gasteiger partial charge in [0, 0.05) is 34.6 Å². The average molecular weight is 403 g/mol. The average Bonchev–Trinajstić information content (AvgIpc) is 3.27. The first-order chi connectivity index (χ1) is 15.3. The first-order valence-corrected chi connectivity index (χ1v) is 10.2. The van der Waals surface area contributed by atoms with Gasteiger partial charge >= 0.3 is 0 Å². The summed E-state index contributed by atoms with van der Waals surface area (Å²) in [4.78, 5) is 13.3. The quantitative estimate of drug-likeness (QED) is 0.459. The molecule has 5 aromatic rings. The Morgan fingerprint density at radius 3 is 2.58 bits per heavy atom. The molecule has 150 valence electrons. The third kappa shape index (κ3) is 3.89. The van der Waals surface area contributed by atoms with Crippen LogP contribution in [-0.2, 0) is 6.42 Å². The Morgan fingerprint density at radius 1 is 0.903 bits per heavy atom. The van der Waals surface area contributed by atoms with Gasteiger partial charge in [-0.25, -0.2) is 4.98 Å². The van der Waals surface area contributed by atoms with E-state index in [2.05, 4.69) is 67.0 Å². The predicted molar refractivity (Wildman–Crippen MR) is 124 cm³/mol. The van der Waals surface area contributed by atoms with Crippen molar-refractivity contribution >= 4 is 21.9 Å². The van der Waals surface area contributed by atoms with Crippen LogP contribution in [0.3, 0.4) is 0 Å². The summed E-state index contributed by atoms with van der Waals surface area (Å²) in [6.07, 6.45) is 8.22. The van der Waals surface area contributed by atoms with Gasteiger partial charge in [0.15, 0.2) is 0 Å². The predicted octanol–water partition coefficient (Wildman–Crippen LogP) is 4.13. The van der Waals surface area contributed by atoms with Crippen LogP contribution in [0.5, 0.6) is 0 Å². The molecule has 0 radical (unpaired) electrons. The maximum absolute atomic E-state index is 4.59. The normalized spacial score (nSPS) is 10.9. The Kier molecular flexibility index (Phi) is 5.14. The SMILES string of the molecule is CNCCc1ccc(-n2cnc3cnc4ccc(C#Cc5cccnc5)cc4c32)cc1. The summed E-state index contributed by atoms with van der Waals surface area (Å²) in [5, 5.41) is 4.23. The van der Waals surface area contributed by atoms with Crippen molar-refractivity contribution in [1.29, 1.82) is 0 Å². The third-order valence-electron chi connectivity index (χ3n) is 5.26. The second kappa shape index (κ2) is 8.39. The van der Waals surface area contributed by atoms with Crippen LogP contribution in [0.1, 0.15) is 16.7 Å². The Bertz CT molecular complexity index is 1410. The van der Waals surface area contributed by atoms with Gasteiger partial charge < -0.3 is 5.32 Å². The lowest BCUT2D eigenvalue weighted by molar-refractivity contribution is 0.791. The Hall–Kier alpha value is -4.01. The largest absolute Gasteiger partial charge is 0.319 e. The van der Waals surface area contributed by atoms with E-state index in [1.54, 1.807) is 12.4 Å². The smallest absolute Gasteiger partial charge is 0.108 e. The van der Waals surface area contributed by atoms with Crippen LogP contribution in [0.4, 0.5) is 0 Å². The van der Waals surface area contributed by atoms with Crippen LogP contribution >= 0.6 is 0 Å². The Labute approximate surface area is 180 Å². The van der Waals surface area contributed by atoms with Crippen molar-refractivity contribution in [2.75, 3.05) is 13.6 Å². The summed E-state index contributed by atoms with van der Waals surface area (Å²) in [7, 11) is 1.97. The lowest BCUT2D eigenvalue weighted by Gasteiger charge is -2.08. The number of aromatic nitrogens is 4. The van der Waals surface area contributed by atoms with Crippen molar-refractivity contribution in [3.8, 4) is 17.5 Å². The van der Waals surface area contributed by atoms with Gasteiger partial charge in [0.25, 0.3) is 0 Å². The number of likely N-dealkylation sites (N-methyl/N-ethyl adjacent to an activating group) is 1. The molecule has 3 aromatic heterocycles. The highest BCUT2D eigenvalue weighted by Gasteiger charge is 2.10. The zero-order valence-electron chi connectivity index (χ0n) is 17.2. The summed E-state index contributed by atoms with van der Waals surface area (Å²) < 4.78 is 2.12. The molecule has 5 heteroatoms. The Morgan fingerprint density at radius 2 is 1.77 bits per heavy atom. The fourth-order valence-electron chi connectivity index (χ4n) is 3.64. The van der Waals surface area contributed by atoms with E-state index in [0.29, 0.717) is 0 Å². The second-order valence-corrected chi connectivity index (χ2v) is 7.35. The maximum atomic E-state index is 4.59. The van der Waals surface area contributed by atoms with Gasteiger partial charge in [-0.3, -0.25) is 14.5 Å². The molecule has 31 heavy (non-hydrogen) atoms. The molecule has 0 bridgehead atoms. The number of hydrogen-bond donors (Lipinski definition) is 1. The number of imidazole rings is 1. The minimum Gasteiger partial charge on any atom is -0.319 e. The molecule has 0 saturated heterocycles. The topological polar surface area (TPSA) is 55.6 Å². The highest BCUT2D eigenvalue weighted by Crippen LogP contribution is 2.26. The number of hydrogen-bond acceptors (Lipinski definition) is 4. The van der Waals surface area contributed by atoms with Crippen molar-refractivity contribution in [3.05, 3.63) is 96.2 Å². The molecule has 5 nitrogen and oxygen atoms in total. The third-order valence-corrected chi connectivity index (χ3v) is 5.26. The second-order valence-electron chi connectivity index (χ2n) is 7.35. The fraction of sp³-hybridized carbons (Fsp3) is 0.115. The highest BCUT2D eigenvalue weighted by atomic mass is 15.1. The number of pyridine rings is 2. The molecule has 0 atom stereocenters. The van der Waals surface area contributed by atoms with Gasteiger partial charge in [-0.05, 0) is 68.0 Å². The monoisotopic (exact) mass is 403 g/mol. The first kappa shape index (κ1) is 19.0. The van der Waals surface area contributed by atoms with E-state index < -0.39 is 0 Å². The number of nitrogens with one attached hydrogen (secondary N) is 1. The van der Waals surface area contributed by atoms with Crippen molar-refractivity contribution in [1.82, 2.24) is 24.8 Å². The van der Waals surface area contributed by atoms with Crippen LogP contribution in [0, 0.1) is 11.8 Å². The fourth-order valence-corrected chi connectivity index (χ4v) is 3.64. The molecule has 0 spiro atoms. The number of nitrogens with zero attached hydrogens (tertiary/aromatic N) is 4. The molecule has 0 unspecified atom stereocenters. The van der Waals surface area contributed by atoms with Crippen molar-refractivity contribution in [2.45, 2.75) is 6.42 Å². The molecule has 0 saturated carbocycles. The summed E-state index contributed by atoms with van der Waals surface area (Å²) in [5.41, 5.74) is 7.04. The van der Waals surface area contributed by atoms with E-state index in [-0.39, 0.29) is 0 Å². The van der Waals surface area contributed by atoms with Crippen LogP contribution in [0.2, 0.25) is 0 Å². The summed E-state index contributed by atoms with van der Waals surface area (Å²) in [6, 6.07) is 18.6. The van der Waals surface area contributed by atoms with Crippen molar-refractivity contribution < 1.29 is 0 Å². The molecule has 3 heterocycles. The van der Waals surface area contributed by atoms with E-state index in [4.69, 9.17) is 0 Å². The van der Waals surface area contributed by atoms with Crippen LogP contribution in [0.15, 0.2) is 79.5 Å². The molecule has 0 aliphatic rings. The lowest BCUT2D eigenvalue weighted by Crippen LogP contribution is -2.10. The Balaban J connectivity index is 1.59. The van der Waals surface area contributed by atoms with E-state index in [0.717, 1.165) is 51.7 Å². The van der Waals surface area contributed by atoms with Gasteiger partial charge in [-0.1, -0.05) is 24.0 Å². The van der Waals surface area contributed by atoms with Crippen LogP contribution < -0.4 is 5.32 Å². The van der Waals surface area contributed by atoms with E-state index in [9.17, 15) is 0 Å². The van der Waals surface area contributed by atoms with Gasteiger partial charge in [0.2, 0.25) is 0 Å². The first-order valence-electron chi connectivity index (χ1n) is 10.2. The van der Waals surface area contributed by atoms with E-state index in [1.165, 1.54) is 5.56 Å². The molecule has 0 aliphatic carbocycles. The zero-order chi connectivity index (χ0) is 21.0. The summed E-state index contributed by atoms with van der Waals surface area (Å²) in [6.45, 7) is 0.965.